The monoisotopic (exact) mass is 263 g/mol. The first kappa shape index (κ1) is 12.6. The lowest BCUT2D eigenvalue weighted by Crippen LogP contribution is -2.03. The number of aromatic nitrogens is 2. The molecule has 4 nitrogen and oxygen atoms in total. The van der Waals surface area contributed by atoms with Gasteiger partial charge in [-0.05, 0) is 38.1 Å². The SMILES string of the molecule is CCNc1ncnc(Oc2ccc(Cl)cc2)c1C. The van der Waals surface area contributed by atoms with E-state index in [-0.39, 0.29) is 0 Å². The van der Waals surface area contributed by atoms with Gasteiger partial charge in [-0.2, -0.15) is 0 Å². The van der Waals surface area contributed by atoms with Gasteiger partial charge in [-0.1, -0.05) is 11.6 Å². The lowest BCUT2D eigenvalue weighted by atomic mass is 10.3. The summed E-state index contributed by atoms with van der Waals surface area (Å²) in [7, 11) is 0. The van der Waals surface area contributed by atoms with Crippen LogP contribution in [0.25, 0.3) is 0 Å². The summed E-state index contributed by atoms with van der Waals surface area (Å²) in [4.78, 5) is 8.29. The van der Waals surface area contributed by atoms with E-state index in [4.69, 9.17) is 16.3 Å². The molecule has 0 fully saturated rings. The highest BCUT2D eigenvalue weighted by Gasteiger charge is 2.08. The van der Waals surface area contributed by atoms with Crippen LogP contribution in [-0.4, -0.2) is 16.5 Å². The number of nitrogens with one attached hydrogen (secondary N) is 1. The van der Waals surface area contributed by atoms with Crippen molar-refractivity contribution in [2.75, 3.05) is 11.9 Å². The zero-order valence-electron chi connectivity index (χ0n) is 10.3. The lowest BCUT2D eigenvalue weighted by Gasteiger charge is -2.10. The van der Waals surface area contributed by atoms with Gasteiger partial charge in [0.25, 0.3) is 0 Å². The zero-order valence-corrected chi connectivity index (χ0v) is 11.0. The van der Waals surface area contributed by atoms with E-state index in [1.807, 2.05) is 13.8 Å². The van der Waals surface area contributed by atoms with Crippen molar-refractivity contribution in [1.82, 2.24) is 9.97 Å². The third-order valence-corrected chi connectivity index (χ3v) is 2.66. The second-order valence-electron chi connectivity index (χ2n) is 3.74. The molecule has 0 aliphatic heterocycles. The molecule has 18 heavy (non-hydrogen) atoms. The Kier molecular flexibility index (Phi) is 3.99. The van der Waals surface area contributed by atoms with Crippen LogP contribution in [0.1, 0.15) is 12.5 Å². The Balaban J connectivity index is 2.23. The van der Waals surface area contributed by atoms with E-state index in [1.165, 1.54) is 6.33 Å². The molecular weight excluding hydrogens is 250 g/mol. The molecule has 1 aromatic carbocycles. The summed E-state index contributed by atoms with van der Waals surface area (Å²) in [5, 5.41) is 3.83. The summed E-state index contributed by atoms with van der Waals surface area (Å²) >= 11 is 5.82. The number of hydrogen-bond donors (Lipinski definition) is 1. The first-order valence-corrected chi connectivity index (χ1v) is 6.07. The van der Waals surface area contributed by atoms with E-state index >= 15 is 0 Å². The summed E-state index contributed by atoms with van der Waals surface area (Å²) in [6.45, 7) is 4.74. The zero-order chi connectivity index (χ0) is 13.0. The Bertz CT molecular complexity index is 528. The first-order chi connectivity index (χ1) is 8.70. The van der Waals surface area contributed by atoms with Crippen LogP contribution in [0.5, 0.6) is 11.6 Å². The van der Waals surface area contributed by atoms with Crippen molar-refractivity contribution in [2.45, 2.75) is 13.8 Å². The molecule has 0 radical (unpaired) electrons. The fourth-order valence-electron chi connectivity index (χ4n) is 1.50. The van der Waals surface area contributed by atoms with Crippen LogP contribution in [0, 0.1) is 6.92 Å². The maximum absolute atomic E-state index is 5.82. The van der Waals surface area contributed by atoms with Crippen LogP contribution >= 0.6 is 11.6 Å². The van der Waals surface area contributed by atoms with E-state index in [0.29, 0.717) is 16.7 Å². The molecule has 0 unspecified atom stereocenters. The Labute approximate surface area is 111 Å². The average Bonchev–Trinajstić information content (AvgIpc) is 2.37. The van der Waals surface area contributed by atoms with E-state index in [9.17, 15) is 0 Å². The first-order valence-electron chi connectivity index (χ1n) is 5.69. The molecule has 0 spiro atoms. The molecular formula is C13H14ClN3O. The molecule has 0 aliphatic carbocycles. The van der Waals surface area contributed by atoms with E-state index in [0.717, 1.165) is 17.9 Å². The summed E-state index contributed by atoms with van der Waals surface area (Å²) in [6, 6.07) is 7.16. The van der Waals surface area contributed by atoms with Crippen LogP contribution in [-0.2, 0) is 0 Å². The Morgan fingerprint density at radius 1 is 1.22 bits per heavy atom. The number of halogens is 1. The van der Waals surface area contributed by atoms with Crippen LogP contribution in [0.15, 0.2) is 30.6 Å². The minimum Gasteiger partial charge on any atom is -0.439 e. The predicted molar refractivity (Wildman–Crippen MR) is 72.5 cm³/mol. The summed E-state index contributed by atoms with van der Waals surface area (Å²) < 4.78 is 5.70. The second-order valence-corrected chi connectivity index (χ2v) is 4.18. The van der Waals surface area contributed by atoms with Crippen molar-refractivity contribution in [1.29, 1.82) is 0 Å². The highest BCUT2D eigenvalue weighted by atomic mass is 35.5. The molecule has 2 rings (SSSR count). The molecule has 0 bridgehead atoms. The van der Waals surface area contributed by atoms with Gasteiger partial charge in [0.15, 0.2) is 0 Å². The van der Waals surface area contributed by atoms with Crippen LogP contribution in [0.4, 0.5) is 5.82 Å². The van der Waals surface area contributed by atoms with E-state index in [1.54, 1.807) is 24.3 Å². The van der Waals surface area contributed by atoms with Gasteiger partial charge in [0.05, 0.1) is 5.56 Å². The van der Waals surface area contributed by atoms with Crippen molar-refractivity contribution < 1.29 is 4.74 Å². The maximum atomic E-state index is 5.82. The number of hydrogen-bond acceptors (Lipinski definition) is 4. The third-order valence-electron chi connectivity index (χ3n) is 2.41. The van der Waals surface area contributed by atoms with Crippen molar-refractivity contribution >= 4 is 17.4 Å². The molecule has 1 heterocycles. The minimum atomic E-state index is 0.545. The Morgan fingerprint density at radius 3 is 2.61 bits per heavy atom. The highest BCUT2D eigenvalue weighted by Crippen LogP contribution is 2.26. The molecule has 0 amide bonds. The Morgan fingerprint density at radius 2 is 1.94 bits per heavy atom. The highest BCUT2D eigenvalue weighted by molar-refractivity contribution is 6.30. The van der Waals surface area contributed by atoms with Gasteiger partial charge in [-0.25, -0.2) is 9.97 Å². The second kappa shape index (κ2) is 5.69. The third kappa shape index (κ3) is 2.90. The largest absolute Gasteiger partial charge is 0.439 e. The summed E-state index contributed by atoms with van der Waals surface area (Å²) in [5.41, 5.74) is 0.884. The lowest BCUT2D eigenvalue weighted by molar-refractivity contribution is 0.458. The van der Waals surface area contributed by atoms with Crippen LogP contribution in [0.2, 0.25) is 5.02 Å². The summed E-state index contributed by atoms with van der Waals surface area (Å²) in [6.07, 6.45) is 1.48. The number of benzene rings is 1. The normalized spacial score (nSPS) is 10.2. The number of anilines is 1. The van der Waals surface area contributed by atoms with Gasteiger partial charge in [0, 0.05) is 11.6 Å². The molecule has 5 heteroatoms. The number of nitrogens with zero attached hydrogens (tertiary/aromatic N) is 2. The van der Waals surface area contributed by atoms with Gasteiger partial charge in [-0.15, -0.1) is 0 Å². The molecule has 0 saturated heterocycles. The van der Waals surface area contributed by atoms with Crippen LogP contribution in [0.3, 0.4) is 0 Å². The molecule has 0 atom stereocenters. The van der Waals surface area contributed by atoms with Crippen molar-refractivity contribution in [3.05, 3.63) is 41.2 Å². The molecule has 94 valence electrons. The minimum absolute atomic E-state index is 0.545. The van der Waals surface area contributed by atoms with Crippen molar-refractivity contribution in [3.8, 4) is 11.6 Å². The van der Waals surface area contributed by atoms with E-state index < -0.39 is 0 Å². The molecule has 0 aliphatic rings. The fourth-order valence-corrected chi connectivity index (χ4v) is 1.62. The smallest absolute Gasteiger partial charge is 0.227 e. The molecule has 1 aromatic heterocycles. The fraction of sp³-hybridized carbons (Fsp3) is 0.231. The molecule has 0 saturated carbocycles. The number of rotatable bonds is 4. The van der Waals surface area contributed by atoms with Crippen LogP contribution < -0.4 is 10.1 Å². The maximum Gasteiger partial charge on any atom is 0.227 e. The van der Waals surface area contributed by atoms with Gasteiger partial charge >= 0.3 is 0 Å². The molecule has 1 N–H and O–H groups in total. The molecule has 2 aromatic rings. The van der Waals surface area contributed by atoms with Crippen molar-refractivity contribution in [3.63, 3.8) is 0 Å². The number of ether oxygens (including phenoxy) is 1. The topological polar surface area (TPSA) is 47.0 Å². The Hall–Kier alpha value is -1.81. The van der Waals surface area contributed by atoms with Gasteiger partial charge < -0.3 is 10.1 Å². The quantitative estimate of drug-likeness (QED) is 0.914. The predicted octanol–water partition coefficient (Wildman–Crippen LogP) is 3.66. The van der Waals surface area contributed by atoms with Gasteiger partial charge in [0.2, 0.25) is 5.88 Å². The van der Waals surface area contributed by atoms with Gasteiger partial charge in [0.1, 0.15) is 17.9 Å². The summed E-state index contributed by atoms with van der Waals surface area (Å²) in [5.74, 6) is 2.03. The average molecular weight is 264 g/mol. The van der Waals surface area contributed by atoms with Gasteiger partial charge in [-0.3, -0.25) is 0 Å². The van der Waals surface area contributed by atoms with E-state index in [2.05, 4.69) is 15.3 Å². The standard InChI is InChI=1S/C13H14ClN3O/c1-3-15-12-9(2)13(17-8-16-12)18-11-6-4-10(14)5-7-11/h4-8H,3H2,1-2H3,(H,15,16,17). The van der Waals surface area contributed by atoms with Crippen molar-refractivity contribution in [2.24, 2.45) is 0 Å².